The molecule has 0 radical (unpaired) electrons. The Morgan fingerprint density at radius 3 is 2.65 bits per heavy atom. The number of anilines is 1. The number of hydrogen-bond acceptors (Lipinski definition) is 4. The summed E-state index contributed by atoms with van der Waals surface area (Å²) in [7, 11) is 0. The van der Waals surface area contributed by atoms with E-state index in [1.807, 2.05) is 30.3 Å². The molecular formula is C15H17N3O2. The van der Waals surface area contributed by atoms with Crippen LogP contribution in [0.1, 0.15) is 11.3 Å². The molecule has 0 atom stereocenters. The molecule has 3 N–H and O–H groups in total. The molecule has 0 aliphatic rings. The fraction of sp³-hybridized carbons (Fsp3) is 0.200. The summed E-state index contributed by atoms with van der Waals surface area (Å²) < 4.78 is 5.09. The van der Waals surface area contributed by atoms with E-state index in [0.29, 0.717) is 25.3 Å². The summed E-state index contributed by atoms with van der Waals surface area (Å²) in [6.07, 6.45) is 1.84. The normalized spacial score (nSPS) is 10.1. The molecular weight excluding hydrogens is 254 g/mol. The van der Waals surface area contributed by atoms with E-state index >= 15 is 0 Å². The number of rotatable bonds is 5. The SMILES string of the molecule is NCc1ccc(NC(=O)OCCc2ccccn2)cc1. The Labute approximate surface area is 117 Å². The lowest BCUT2D eigenvalue weighted by molar-refractivity contribution is 0.162. The van der Waals surface area contributed by atoms with Crippen LogP contribution < -0.4 is 11.1 Å². The Morgan fingerprint density at radius 1 is 1.20 bits per heavy atom. The number of pyridine rings is 1. The summed E-state index contributed by atoms with van der Waals surface area (Å²) in [5.74, 6) is 0. The number of hydrogen-bond donors (Lipinski definition) is 2. The van der Waals surface area contributed by atoms with E-state index in [9.17, 15) is 4.79 Å². The Kier molecular flexibility index (Phi) is 5.08. The van der Waals surface area contributed by atoms with Gasteiger partial charge in [-0.1, -0.05) is 18.2 Å². The Balaban J connectivity index is 1.74. The number of nitrogens with two attached hydrogens (primary N) is 1. The summed E-state index contributed by atoms with van der Waals surface area (Å²) in [6, 6.07) is 13.0. The van der Waals surface area contributed by atoms with E-state index in [-0.39, 0.29) is 0 Å². The van der Waals surface area contributed by atoms with Gasteiger partial charge in [-0.2, -0.15) is 0 Å². The van der Waals surface area contributed by atoms with E-state index in [4.69, 9.17) is 10.5 Å². The molecule has 0 bridgehead atoms. The Bertz CT molecular complexity index is 541. The van der Waals surface area contributed by atoms with Crippen LogP contribution in [-0.2, 0) is 17.7 Å². The lowest BCUT2D eigenvalue weighted by atomic mass is 10.2. The van der Waals surface area contributed by atoms with Gasteiger partial charge in [0.05, 0.1) is 6.61 Å². The molecule has 1 aromatic heterocycles. The van der Waals surface area contributed by atoms with Gasteiger partial charge in [-0.15, -0.1) is 0 Å². The molecule has 104 valence electrons. The molecule has 0 aliphatic heterocycles. The second-order valence-corrected chi connectivity index (χ2v) is 4.23. The van der Waals surface area contributed by atoms with Crippen LogP contribution in [0, 0.1) is 0 Å². The molecule has 2 rings (SSSR count). The van der Waals surface area contributed by atoms with Crippen LogP contribution in [-0.4, -0.2) is 17.7 Å². The van der Waals surface area contributed by atoms with Gasteiger partial charge in [-0.25, -0.2) is 4.79 Å². The predicted molar refractivity (Wildman–Crippen MR) is 77.2 cm³/mol. The van der Waals surface area contributed by atoms with Crippen LogP contribution in [0.15, 0.2) is 48.7 Å². The van der Waals surface area contributed by atoms with Crippen LogP contribution in [0.25, 0.3) is 0 Å². The quantitative estimate of drug-likeness (QED) is 0.875. The van der Waals surface area contributed by atoms with Crippen molar-refractivity contribution in [3.63, 3.8) is 0 Å². The van der Waals surface area contributed by atoms with Crippen LogP contribution in [0.5, 0.6) is 0 Å². The van der Waals surface area contributed by atoms with Crippen molar-refractivity contribution < 1.29 is 9.53 Å². The molecule has 5 heteroatoms. The molecule has 0 fully saturated rings. The Morgan fingerprint density at radius 2 is 2.00 bits per heavy atom. The van der Waals surface area contributed by atoms with Crippen molar-refractivity contribution in [1.82, 2.24) is 4.98 Å². The van der Waals surface area contributed by atoms with Crippen molar-refractivity contribution in [1.29, 1.82) is 0 Å². The lowest BCUT2D eigenvalue weighted by Gasteiger charge is -2.07. The summed E-state index contributed by atoms with van der Waals surface area (Å²) in [6.45, 7) is 0.776. The molecule has 0 saturated heterocycles. The number of carbonyl (C=O) groups is 1. The first-order valence-electron chi connectivity index (χ1n) is 6.40. The molecule has 0 saturated carbocycles. The molecule has 20 heavy (non-hydrogen) atoms. The smallest absolute Gasteiger partial charge is 0.411 e. The van der Waals surface area contributed by atoms with Crippen LogP contribution >= 0.6 is 0 Å². The van der Waals surface area contributed by atoms with Gasteiger partial charge in [0.1, 0.15) is 0 Å². The summed E-state index contributed by atoms with van der Waals surface area (Å²) >= 11 is 0. The molecule has 1 heterocycles. The first-order chi connectivity index (χ1) is 9.78. The number of aromatic nitrogens is 1. The lowest BCUT2D eigenvalue weighted by Crippen LogP contribution is -2.15. The second kappa shape index (κ2) is 7.25. The average molecular weight is 271 g/mol. The monoisotopic (exact) mass is 271 g/mol. The van der Waals surface area contributed by atoms with Gasteiger partial charge in [0.15, 0.2) is 0 Å². The van der Waals surface area contributed by atoms with Crippen molar-refractivity contribution in [2.24, 2.45) is 5.73 Å². The van der Waals surface area contributed by atoms with Gasteiger partial charge < -0.3 is 10.5 Å². The van der Waals surface area contributed by atoms with Crippen LogP contribution in [0.4, 0.5) is 10.5 Å². The third kappa shape index (κ3) is 4.37. The molecule has 0 aliphatic carbocycles. The highest BCUT2D eigenvalue weighted by atomic mass is 16.5. The fourth-order valence-corrected chi connectivity index (χ4v) is 1.67. The standard InChI is InChI=1S/C15H17N3O2/c16-11-12-4-6-14(7-5-12)18-15(19)20-10-8-13-3-1-2-9-17-13/h1-7,9H,8,10-11,16H2,(H,18,19). The largest absolute Gasteiger partial charge is 0.449 e. The number of carbonyl (C=O) groups excluding carboxylic acids is 1. The van der Waals surface area contributed by atoms with Gasteiger partial charge >= 0.3 is 6.09 Å². The minimum atomic E-state index is -0.471. The predicted octanol–water partition coefficient (Wildman–Crippen LogP) is 2.33. The number of nitrogens with one attached hydrogen (secondary N) is 1. The van der Waals surface area contributed by atoms with Gasteiger partial charge in [0.2, 0.25) is 0 Å². The molecule has 0 unspecified atom stereocenters. The number of amides is 1. The third-order valence-corrected chi connectivity index (χ3v) is 2.75. The first-order valence-corrected chi connectivity index (χ1v) is 6.40. The molecule has 0 spiro atoms. The van der Waals surface area contributed by atoms with Crippen LogP contribution in [0.2, 0.25) is 0 Å². The maximum atomic E-state index is 11.6. The third-order valence-electron chi connectivity index (χ3n) is 2.75. The van der Waals surface area contributed by atoms with Gasteiger partial charge in [0.25, 0.3) is 0 Å². The van der Waals surface area contributed by atoms with Crippen LogP contribution in [0.3, 0.4) is 0 Å². The van der Waals surface area contributed by atoms with Crippen molar-refractivity contribution in [2.45, 2.75) is 13.0 Å². The zero-order chi connectivity index (χ0) is 14.2. The fourth-order valence-electron chi connectivity index (χ4n) is 1.67. The maximum Gasteiger partial charge on any atom is 0.411 e. The number of benzene rings is 1. The number of nitrogens with zero attached hydrogens (tertiary/aromatic N) is 1. The van der Waals surface area contributed by atoms with Gasteiger partial charge in [-0.3, -0.25) is 10.3 Å². The minimum Gasteiger partial charge on any atom is -0.449 e. The van der Waals surface area contributed by atoms with E-state index in [1.165, 1.54) is 0 Å². The van der Waals surface area contributed by atoms with E-state index in [2.05, 4.69) is 10.3 Å². The van der Waals surface area contributed by atoms with E-state index in [0.717, 1.165) is 11.3 Å². The molecule has 1 aromatic carbocycles. The summed E-state index contributed by atoms with van der Waals surface area (Å²) in [5.41, 5.74) is 8.10. The topological polar surface area (TPSA) is 77.2 Å². The van der Waals surface area contributed by atoms with Crippen molar-refractivity contribution >= 4 is 11.8 Å². The molecule has 2 aromatic rings. The summed E-state index contributed by atoms with van der Waals surface area (Å²) in [4.78, 5) is 15.7. The van der Waals surface area contributed by atoms with Gasteiger partial charge in [-0.05, 0) is 29.8 Å². The molecule has 1 amide bonds. The van der Waals surface area contributed by atoms with Crippen molar-refractivity contribution in [3.8, 4) is 0 Å². The highest BCUT2D eigenvalue weighted by Gasteiger charge is 2.03. The highest BCUT2D eigenvalue weighted by Crippen LogP contribution is 2.09. The van der Waals surface area contributed by atoms with Crippen molar-refractivity contribution in [3.05, 3.63) is 59.9 Å². The number of ether oxygens (including phenoxy) is 1. The molecule has 5 nitrogen and oxygen atoms in total. The van der Waals surface area contributed by atoms with E-state index < -0.39 is 6.09 Å². The maximum absolute atomic E-state index is 11.6. The van der Waals surface area contributed by atoms with Gasteiger partial charge in [0, 0.05) is 30.5 Å². The Hall–Kier alpha value is -2.40. The zero-order valence-electron chi connectivity index (χ0n) is 11.1. The minimum absolute atomic E-state index is 0.295. The summed E-state index contributed by atoms with van der Waals surface area (Å²) in [5, 5.41) is 2.66. The van der Waals surface area contributed by atoms with Crippen molar-refractivity contribution in [2.75, 3.05) is 11.9 Å². The van der Waals surface area contributed by atoms with E-state index in [1.54, 1.807) is 18.3 Å². The highest BCUT2D eigenvalue weighted by molar-refractivity contribution is 5.84. The average Bonchev–Trinajstić information content (AvgIpc) is 2.49. The second-order valence-electron chi connectivity index (χ2n) is 4.23. The zero-order valence-corrected chi connectivity index (χ0v) is 11.1. The first kappa shape index (κ1) is 14.0.